The number of fused-ring (bicyclic) bond motifs is 2. The first kappa shape index (κ1) is 32.8. The van der Waals surface area contributed by atoms with Gasteiger partial charge in [0.25, 0.3) is 5.56 Å². The van der Waals surface area contributed by atoms with E-state index in [1.165, 1.54) is 16.7 Å². The lowest BCUT2D eigenvalue weighted by atomic mass is 9.93. The maximum atomic E-state index is 14.3. The van der Waals surface area contributed by atoms with Crippen LogP contribution in [0.5, 0.6) is 5.75 Å². The van der Waals surface area contributed by atoms with Crippen molar-refractivity contribution in [2.45, 2.75) is 24.5 Å². The fourth-order valence-corrected chi connectivity index (χ4v) is 7.91. The number of ether oxygens (including phenoxy) is 2. The van der Waals surface area contributed by atoms with E-state index >= 15 is 0 Å². The topological polar surface area (TPSA) is 69.9 Å². The Morgan fingerprint density at radius 2 is 1.71 bits per heavy atom. The predicted octanol–water partition coefficient (Wildman–Crippen LogP) is 8.15. The van der Waals surface area contributed by atoms with Crippen LogP contribution in [0.15, 0.2) is 140 Å². The zero-order valence-corrected chi connectivity index (χ0v) is 30.0. The van der Waals surface area contributed by atoms with Gasteiger partial charge in [0.1, 0.15) is 12.4 Å². The molecule has 0 radical (unpaired) electrons. The van der Waals surface area contributed by atoms with Crippen molar-refractivity contribution in [3.05, 3.63) is 167 Å². The summed E-state index contributed by atoms with van der Waals surface area (Å²) in [7, 11) is 0. The number of nitrogens with zero attached hydrogens (tertiary/aromatic N) is 2. The van der Waals surface area contributed by atoms with Gasteiger partial charge in [-0.15, -0.1) is 11.8 Å². The standard InChI is InChI=1S/C40H31BrN2O4S2/c1-3-46-39(45)35-36(27-11-5-4-6-12-27)42-40-43(37(35)28-17-19-30(48-2)20-18-28)38(44)34(49-40)23-25-16-21-33(32(41)22-25)47-24-29-14-9-13-26-10-7-8-15-31(26)29/h4-23,37H,3,24H2,1-2H3/b34-23-/t37-/m0/s1. The molecule has 0 amide bonds. The molecule has 0 saturated carbocycles. The summed E-state index contributed by atoms with van der Waals surface area (Å²) in [4.78, 5) is 34.5. The first-order chi connectivity index (χ1) is 23.9. The van der Waals surface area contributed by atoms with Gasteiger partial charge in [-0.25, -0.2) is 9.79 Å². The van der Waals surface area contributed by atoms with Crippen molar-refractivity contribution < 1.29 is 14.3 Å². The summed E-state index contributed by atoms with van der Waals surface area (Å²) >= 11 is 6.61. The third-order valence-electron chi connectivity index (χ3n) is 8.32. The highest BCUT2D eigenvalue weighted by Crippen LogP contribution is 2.36. The molecule has 244 valence electrons. The van der Waals surface area contributed by atoms with E-state index in [1.54, 1.807) is 23.3 Å². The monoisotopic (exact) mass is 746 g/mol. The first-order valence-corrected chi connectivity index (χ1v) is 18.6. The van der Waals surface area contributed by atoms with Crippen molar-refractivity contribution in [3.8, 4) is 5.75 Å². The first-order valence-electron chi connectivity index (χ1n) is 15.8. The molecule has 2 heterocycles. The summed E-state index contributed by atoms with van der Waals surface area (Å²) in [6.07, 6.45) is 3.87. The van der Waals surface area contributed by atoms with E-state index in [9.17, 15) is 9.59 Å². The predicted molar refractivity (Wildman–Crippen MR) is 202 cm³/mol. The fraction of sp³-hybridized carbons (Fsp3) is 0.125. The Bertz CT molecular complexity index is 2390. The van der Waals surface area contributed by atoms with Crippen LogP contribution in [0.3, 0.4) is 0 Å². The lowest BCUT2D eigenvalue weighted by Crippen LogP contribution is -2.40. The van der Waals surface area contributed by atoms with Crippen LogP contribution in [0.4, 0.5) is 0 Å². The molecule has 0 unspecified atom stereocenters. The Morgan fingerprint density at radius 1 is 0.959 bits per heavy atom. The Labute approximate surface area is 300 Å². The second-order valence-electron chi connectivity index (χ2n) is 11.3. The molecule has 5 aromatic carbocycles. The average molecular weight is 748 g/mol. The van der Waals surface area contributed by atoms with Crippen LogP contribution in [0.25, 0.3) is 22.5 Å². The summed E-state index contributed by atoms with van der Waals surface area (Å²) < 4.78 is 14.7. The van der Waals surface area contributed by atoms with Crippen LogP contribution in [0.1, 0.15) is 35.2 Å². The summed E-state index contributed by atoms with van der Waals surface area (Å²) in [5, 5.41) is 2.33. The Balaban J connectivity index is 1.30. The summed E-state index contributed by atoms with van der Waals surface area (Å²) in [6.45, 7) is 2.39. The molecule has 1 atom stereocenters. The van der Waals surface area contributed by atoms with Gasteiger partial charge in [-0.2, -0.15) is 0 Å². The number of esters is 1. The largest absolute Gasteiger partial charge is 0.488 e. The van der Waals surface area contributed by atoms with E-state index in [0.29, 0.717) is 33.0 Å². The van der Waals surface area contributed by atoms with Crippen LogP contribution in [0.2, 0.25) is 0 Å². The number of thiazole rings is 1. The number of rotatable bonds is 9. The molecule has 0 N–H and O–H groups in total. The van der Waals surface area contributed by atoms with Crippen LogP contribution < -0.4 is 19.6 Å². The molecule has 0 aliphatic carbocycles. The highest BCUT2D eigenvalue weighted by molar-refractivity contribution is 9.10. The zero-order chi connectivity index (χ0) is 33.9. The second kappa shape index (κ2) is 14.4. The van der Waals surface area contributed by atoms with E-state index in [-0.39, 0.29) is 12.2 Å². The van der Waals surface area contributed by atoms with E-state index in [1.807, 2.05) is 103 Å². The van der Waals surface area contributed by atoms with Crippen molar-refractivity contribution in [2.75, 3.05) is 12.9 Å². The highest BCUT2D eigenvalue weighted by Gasteiger charge is 2.35. The Hall–Kier alpha value is -4.70. The second-order valence-corrected chi connectivity index (χ2v) is 14.1. The molecule has 9 heteroatoms. The number of thioether (sulfide) groups is 1. The van der Waals surface area contributed by atoms with Gasteiger partial charge in [-0.3, -0.25) is 9.36 Å². The maximum Gasteiger partial charge on any atom is 0.338 e. The number of halogens is 1. The number of aromatic nitrogens is 1. The van der Waals surface area contributed by atoms with E-state index in [2.05, 4.69) is 40.2 Å². The SMILES string of the molecule is CCOC(=O)C1=C(c2ccccc2)N=c2s/c(=C\c3ccc(OCc4cccc5ccccc45)c(Br)c3)c(=O)n2[C@H]1c1ccc(SC)cc1. The van der Waals surface area contributed by atoms with Crippen LogP contribution in [0, 0.1) is 0 Å². The Kier molecular flexibility index (Phi) is 9.66. The van der Waals surface area contributed by atoms with Crippen LogP contribution >= 0.6 is 39.0 Å². The molecule has 0 saturated heterocycles. The zero-order valence-electron chi connectivity index (χ0n) is 26.8. The van der Waals surface area contributed by atoms with Crippen LogP contribution in [-0.2, 0) is 16.1 Å². The smallest absolute Gasteiger partial charge is 0.338 e. The van der Waals surface area contributed by atoms with Crippen molar-refractivity contribution in [3.63, 3.8) is 0 Å². The summed E-state index contributed by atoms with van der Waals surface area (Å²) in [6, 6.07) is 37.0. The van der Waals surface area contributed by atoms with Gasteiger partial charge in [-0.05, 0) is 86.9 Å². The molecular weight excluding hydrogens is 716 g/mol. The molecule has 6 aromatic rings. The molecule has 0 spiro atoms. The molecule has 7 rings (SSSR count). The van der Waals surface area contributed by atoms with Gasteiger partial charge in [0.2, 0.25) is 0 Å². The molecule has 1 aliphatic rings. The lowest BCUT2D eigenvalue weighted by Gasteiger charge is -2.26. The molecule has 1 aliphatic heterocycles. The van der Waals surface area contributed by atoms with Gasteiger partial charge in [0.05, 0.1) is 32.9 Å². The van der Waals surface area contributed by atoms with Crippen LogP contribution in [-0.4, -0.2) is 23.4 Å². The normalized spacial score (nSPS) is 14.4. The third-order valence-corrected chi connectivity index (χ3v) is 10.7. The van der Waals surface area contributed by atoms with E-state index in [4.69, 9.17) is 14.5 Å². The minimum Gasteiger partial charge on any atom is -0.488 e. The highest BCUT2D eigenvalue weighted by atomic mass is 79.9. The quantitative estimate of drug-likeness (QED) is 0.110. The van der Waals surface area contributed by atoms with Crippen molar-refractivity contribution in [1.82, 2.24) is 4.57 Å². The molecular formula is C40H31BrN2O4S2. The third kappa shape index (κ3) is 6.66. The molecule has 0 fully saturated rings. The molecule has 6 nitrogen and oxygen atoms in total. The van der Waals surface area contributed by atoms with Gasteiger partial charge in [0, 0.05) is 10.5 Å². The number of hydrogen-bond donors (Lipinski definition) is 0. The molecule has 49 heavy (non-hydrogen) atoms. The summed E-state index contributed by atoms with van der Waals surface area (Å²) in [5.74, 6) is 0.202. The molecule has 0 bridgehead atoms. The van der Waals surface area contributed by atoms with Gasteiger partial charge < -0.3 is 9.47 Å². The maximum absolute atomic E-state index is 14.3. The average Bonchev–Trinajstić information content (AvgIpc) is 3.44. The van der Waals surface area contributed by atoms with E-state index < -0.39 is 12.0 Å². The fourth-order valence-electron chi connectivity index (χ4n) is 5.99. The van der Waals surface area contributed by atoms with Crippen molar-refractivity contribution in [1.29, 1.82) is 0 Å². The minimum absolute atomic E-state index is 0.198. The number of benzene rings is 5. The summed E-state index contributed by atoms with van der Waals surface area (Å²) in [5.41, 5.74) is 4.10. The van der Waals surface area contributed by atoms with Crippen molar-refractivity contribution >= 4 is 67.5 Å². The lowest BCUT2D eigenvalue weighted by molar-refractivity contribution is -0.138. The van der Waals surface area contributed by atoms with Gasteiger partial charge >= 0.3 is 5.97 Å². The number of hydrogen-bond acceptors (Lipinski definition) is 7. The van der Waals surface area contributed by atoms with Crippen molar-refractivity contribution in [2.24, 2.45) is 4.99 Å². The van der Waals surface area contributed by atoms with E-state index in [0.717, 1.165) is 37.0 Å². The number of carbonyl (C=O) groups is 1. The Morgan fingerprint density at radius 3 is 2.47 bits per heavy atom. The number of carbonyl (C=O) groups excluding carboxylic acids is 1. The molecule has 1 aromatic heterocycles. The minimum atomic E-state index is -0.722. The van der Waals surface area contributed by atoms with Gasteiger partial charge in [0.15, 0.2) is 4.80 Å². The van der Waals surface area contributed by atoms with Gasteiger partial charge in [-0.1, -0.05) is 102 Å².